The van der Waals surface area contributed by atoms with E-state index in [1.807, 2.05) is 32.9 Å². The Kier molecular flexibility index (Phi) is 3.19. The summed E-state index contributed by atoms with van der Waals surface area (Å²) in [5.41, 5.74) is 2.50. The first-order chi connectivity index (χ1) is 8.54. The Hall–Kier alpha value is -2.10. The van der Waals surface area contributed by atoms with E-state index in [2.05, 4.69) is 10.3 Å². The molecule has 1 aromatic heterocycles. The summed E-state index contributed by atoms with van der Waals surface area (Å²) >= 11 is 0. The molecule has 0 saturated carbocycles. The molecule has 0 aliphatic carbocycles. The Balaban J connectivity index is 2.70. The Morgan fingerprint density at radius 3 is 2.78 bits per heavy atom. The molecule has 0 atom stereocenters. The van der Waals surface area contributed by atoms with Crippen LogP contribution in [0.15, 0.2) is 18.2 Å². The highest BCUT2D eigenvalue weighted by Gasteiger charge is 2.16. The highest BCUT2D eigenvalue weighted by atomic mass is 16.3. The number of nitrogens with one attached hydrogen (secondary N) is 1. The van der Waals surface area contributed by atoms with Gasteiger partial charge in [0.1, 0.15) is 5.52 Å². The third kappa shape index (κ3) is 2.01. The van der Waals surface area contributed by atoms with Crippen molar-refractivity contribution in [3.63, 3.8) is 0 Å². The number of hydrogen-bond donors (Lipinski definition) is 2. The lowest BCUT2D eigenvalue weighted by molar-refractivity contribution is 0.0953. The summed E-state index contributed by atoms with van der Waals surface area (Å²) in [4.78, 5) is 16.2. The highest BCUT2D eigenvalue weighted by Crippen LogP contribution is 2.30. The number of aromatic hydroxyl groups is 1. The molecule has 4 heteroatoms. The number of aromatic nitrogens is 1. The van der Waals surface area contributed by atoms with Crippen LogP contribution >= 0.6 is 0 Å². The van der Waals surface area contributed by atoms with Crippen molar-refractivity contribution in [3.05, 3.63) is 35.0 Å². The second-order valence-corrected chi connectivity index (χ2v) is 4.30. The predicted octanol–water partition coefficient (Wildman–Crippen LogP) is 2.31. The van der Waals surface area contributed by atoms with Crippen molar-refractivity contribution in [1.82, 2.24) is 10.3 Å². The molecule has 0 unspecified atom stereocenters. The zero-order valence-electron chi connectivity index (χ0n) is 10.7. The number of hydrogen-bond acceptors (Lipinski definition) is 3. The van der Waals surface area contributed by atoms with Gasteiger partial charge in [-0.05, 0) is 38.5 Å². The standard InChI is InChI=1S/C14H16N2O2/c1-4-15-14(18)11-7-8(2)10-6-5-9(3)16-12(10)13(11)17/h5-7,17H,4H2,1-3H3,(H,15,18). The Labute approximate surface area is 106 Å². The molecular weight excluding hydrogens is 228 g/mol. The van der Waals surface area contributed by atoms with Gasteiger partial charge >= 0.3 is 0 Å². The van der Waals surface area contributed by atoms with Gasteiger partial charge in [-0.1, -0.05) is 6.07 Å². The number of amides is 1. The van der Waals surface area contributed by atoms with Gasteiger partial charge in [0.25, 0.3) is 5.91 Å². The van der Waals surface area contributed by atoms with Crippen LogP contribution in [-0.4, -0.2) is 22.5 Å². The Morgan fingerprint density at radius 1 is 1.39 bits per heavy atom. The molecule has 1 amide bonds. The van der Waals surface area contributed by atoms with Gasteiger partial charge < -0.3 is 10.4 Å². The summed E-state index contributed by atoms with van der Waals surface area (Å²) in [6.07, 6.45) is 0. The summed E-state index contributed by atoms with van der Waals surface area (Å²) in [6, 6.07) is 5.49. The normalized spacial score (nSPS) is 10.6. The zero-order valence-corrected chi connectivity index (χ0v) is 10.7. The number of phenolic OH excluding ortho intramolecular Hbond substituents is 1. The van der Waals surface area contributed by atoms with Crippen molar-refractivity contribution in [2.75, 3.05) is 6.54 Å². The van der Waals surface area contributed by atoms with Crippen molar-refractivity contribution in [2.24, 2.45) is 0 Å². The van der Waals surface area contributed by atoms with Crippen molar-refractivity contribution in [2.45, 2.75) is 20.8 Å². The van der Waals surface area contributed by atoms with E-state index in [1.165, 1.54) is 0 Å². The van der Waals surface area contributed by atoms with Gasteiger partial charge in [0.15, 0.2) is 5.75 Å². The summed E-state index contributed by atoms with van der Waals surface area (Å²) < 4.78 is 0. The SMILES string of the molecule is CCNC(=O)c1cc(C)c2ccc(C)nc2c1O. The molecule has 2 rings (SSSR count). The number of benzene rings is 1. The van der Waals surface area contributed by atoms with Gasteiger partial charge in [-0.25, -0.2) is 4.98 Å². The second-order valence-electron chi connectivity index (χ2n) is 4.30. The Bertz CT molecular complexity index is 621. The monoisotopic (exact) mass is 244 g/mol. The van der Waals surface area contributed by atoms with E-state index in [9.17, 15) is 9.90 Å². The fourth-order valence-corrected chi connectivity index (χ4v) is 1.97. The largest absolute Gasteiger partial charge is 0.505 e. The summed E-state index contributed by atoms with van der Waals surface area (Å²) in [5, 5.41) is 13.7. The van der Waals surface area contributed by atoms with Crippen LogP contribution in [0.3, 0.4) is 0 Å². The van der Waals surface area contributed by atoms with Crippen molar-refractivity contribution < 1.29 is 9.90 Å². The number of fused-ring (bicyclic) bond motifs is 1. The van der Waals surface area contributed by atoms with Crippen LogP contribution in [0.2, 0.25) is 0 Å². The lowest BCUT2D eigenvalue weighted by Crippen LogP contribution is -2.22. The maximum absolute atomic E-state index is 11.8. The quantitative estimate of drug-likeness (QED) is 0.852. The van der Waals surface area contributed by atoms with Crippen LogP contribution in [0.1, 0.15) is 28.5 Å². The lowest BCUT2D eigenvalue weighted by atomic mass is 10.0. The molecule has 0 saturated heterocycles. The number of aryl methyl sites for hydroxylation is 2. The molecule has 0 radical (unpaired) electrons. The van der Waals surface area contributed by atoms with Crippen molar-refractivity contribution in [1.29, 1.82) is 0 Å². The summed E-state index contributed by atoms with van der Waals surface area (Å²) in [5.74, 6) is -0.325. The van der Waals surface area contributed by atoms with Crippen LogP contribution in [0.25, 0.3) is 10.9 Å². The molecule has 1 aromatic carbocycles. The van der Waals surface area contributed by atoms with Gasteiger partial charge in [-0.15, -0.1) is 0 Å². The lowest BCUT2D eigenvalue weighted by Gasteiger charge is -2.10. The van der Waals surface area contributed by atoms with Crippen LogP contribution in [0.5, 0.6) is 5.75 Å². The minimum absolute atomic E-state index is 0.0507. The average molecular weight is 244 g/mol. The van der Waals surface area contributed by atoms with Crippen LogP contribution in [0.4, 0.5) is 0 Å². The van der Waals surface area contributed by atoms with Gasteiger partial charge in [0, 0.05) is 17.6 Å². The summed E-state index contributed by atoms with van der Waals surface area (Å²) in [6.45, 7) is 6.12. The number of nitrogens with zero attached hydrogens (tertiary/aromatic N) is 1. The van der Waals surface area contributed by atoms with Crippen molar-refractivity contribution in [3.8, 4) is 5.75 Å². The number of carbonyl (C=O) groups excluding carboxylic acids is 1. The van der Waals surface area contributed by atoms with Crippen LogP contribution < -0.4 is 5.32 Å². The fraction of sp³-hybridized carbons (Fsp3) is 0.286. The summed E-state index contributed by atoms with van der Waals surface area (Å²) in [7, 11) is 0. The van der Waals surface area contributed by atoms with E-state index in [0.29, 0.717) is 12.1 Å². The molecule has 18 heavy (non-hydrogen) atoms. The van der Waals surface area contributed by atoms with E-state index >= 15 is 0 Å². The fourth-order valence-electron chi connectivity index (χ4n) is 1.97. The molecule has 0 bridgehead atoms. The number of phenols is 1. The van der Waals surface area contributed by atoms with Crippen LogP contribution in [-0.2, 0) is 0 Å². The molecule has 94 valence electrons. The predicted molar refractivity (Wildman–Crippen MR) is 70.9 cm³/mol. The van der Waals surface area contributed by atoms with Crippen LogP contribution in [0, 0.1) is 13.8 Å². The number of pyridine rings is 1. The average Bonchev–Trinajstić information content (AvgIpc) is 2.33. The van der Waals surface area contributed by atoms with Gasteiger partial charge in [-0.3, -0.25) is 4.79 Å². The maximum Gasteiger partial charge on any atom is 0.255 e. The van der Waals surface area contributed by atoms with Gasteiger partial charge in [-0.2, -0.15) is 0 Å². The number of carbonyl (C=O) groups is 1. The third-order valence-corrected chi connectivity index (χ3v) is 2.88. The molecule has 0 spiro atoms. The molecule has 4 nitrogen and oxygen atoms in total. The molecule has 0 fully saturated rings. The first-order valence-electron chi connectivity index (χ1n) is 5.92. The third-order valence-electron chi connectivity index (χ3n) is 2.88. The molecule has 1 heterocycles. The highest BCUT2D eigenvalue weighted by molar-refractivity contribution is 6.03. The first kappa shape index (κ1) is 12.4. The molecule has 2 N–H and O–H groups in total. The maximum atomic E-state index is 11.8. The van der Waals surface area contributed by atoms with Crippen molar-refractivity contribution >= 4 is 16.8 Å². The van der Waals surface area contributed by atoms with E-state index in [4.69, 9.17) is 0 Å². The first-order valence-corrected chi connectivity index (χ1v) is 5.92. The van der Waals surface area contributed by atoms with Gasteiger partial charge in [0.2, 0.25) is 0 Å². The topological polar surface area (TPSA) is 62.2 Å². The minimum Gasteiger partial charge on any atom is -0.505 e. The molecule has 0 aliphatic heterocycles. The smallest absolute Gasteiger partial charge is 0.255 e. The molecular formula is C14H16N2O2. The minimum atomic E-state index is -0.275. The van der Waals surface area contributed by atoms with Gasteiger partial charge in [0.05, 0.1) is 5.56 Å². The zero-order chi connectivity index (χ0) is 13.3. The molecule has 0 aliphatic rings. The van der Waals surface area contributed by atoms with E-state index in [1.54, 1.807) is 6.07 Å². The van der Waals surface area contributed by atoms with E-state index in [0.717, 1.165) is 16.6 Å². The molecule has 2 aromatic rings. The number of rotatable bonds is 2. The second kappa shape index (κ2) is 4.64. The van der Waals surface area contributed by atoms with E-state index in [-0.39, 0.29) is 17.2 Å². The van der Waals surface area contributed by atoms with E-state index < -0.39 is 0 Å². The Morgan fingerprint density at radius 2 is 2.11 bits per heavy atom.